The fourth-order valence-electron chi connectivity index (χ4n) is 1.46. The first-order valence-corrected chi connectivity index (χ1v) is 5.03. The second-order valence-corrected chi connectivity index (χ2v) is 4.08. The van der Waals surface area contributed by atoms with Gasteiger partial charge >= 0.3 is 5.97 Å². The zero-order valence-corrected chi connectivity index (χ0v) is 8.62. The number of hydrogen-bond acceptors (Lipinski definition) is 2. The van der Waals surface area contributed by atoms with Gasteiger partial charge in [-0.25, -0.2) is 0 Å². The molecule has 1 aliphatic rings. The van der Waals surface area contributed by atoms with Crippen LogP contribution in [-0.2, 0) is 4.79 Å². The van der Waals surface area contributed by atoms with Gasteiger partial charge in [0.25, 0.3) is 0 Å². The smallest absolute Gasteiger partial charge is 0.308 e. The Labute approximate surface area is 87.8 Å². The maximum absolute atomic E-state index is 10.7. The number of benzene rings is 1. The zero-order chi connectivity index (χ0) is 10.1. The SMILES string of the molecule is CC(=O)Oc1ccc(C2C[C@@H]2Cl)cc1. The summed E-state index contributed by atoms with van der Waals surface area (Å²) < 4.78 is 4.92. The number of rotatable bonds is 2. The van der Waals surface area contributed by atoms with Crippen molar-refractivity contribution in [3.05, 3.63) is 29.8 Å². The molecule has 1 aromatic rings. The second-order valence-electron chi connectivity index (χ2n) is 3.52. The van der Waals surface area contributed by atoms with Crippen LogP contribution < -0.4 is 4.74 Å². The largest absolute Gasteiger partial charge is 0.427 e. The van der Waals surface area contributed by atoms with E-state index in [1.165, 1.54) is 12.5 Å². The highest BCUT2D eigenvalue weighted by Gasteiger charge is 2.36. The van der Waals surface area contributed by atoms with Crippen molar-refractivity contribution in [1.82, 2.24) is 0 Å². The van der Waals surface area contributed by atoms with E-state index in [4.69, 9.17) is 16.3 Å². The van der Waals surface area contributed by atoms with Crippen LogP contribution in [-0.4, -0.2) is 11.3 Å². The van der Waals surface area contributed by atoms with E-state index in [1.54, 1.807) is 12.1 Å². The number of alkyl halides is 1. The Morgan fingerprint density at radius 1 is 1.43 bits per heavy atom. The molecule has 2 nitrogen and oxygen atoms in total. The van der Waals surface area contributed by atoms with Gasteiger partial charge in [-0.2, -0.15) is 0 Å². The van der Waals surface area contributed by atoms with Gasteiger partial charge in [0.1, 0.15) is 5.75 Å². The first kappa shape index (κ1) is 9.53. The van der Waals surface area contributed by atoms with E-state index in [1.807, 2.05) is 12.1 Å². The lowest BCUT2D eigenvalue weighted by molar-refractivity contribution is -0.131. The first-order valence-electron chi connectivity index (χ1n) is 4.59. The molecular weight excluding hydrogens is 200 g/mol. The number of esters is 1. The van der Waals surface area contributed by atoms with Crippen molar-refractivity contribution in [3.63, 3.8) is 0 Å². The molecule has 1 aliphatic carbocycles. The number of hydrogen-bond donors (Lipinski definition) is 0. The van der Waals surface area contributed by atoms with Gasteiger partial charge in [0, 0.05) is 18.2 Å². The van der Waals surface area contributed by atoms with Crippen LogP contribution in [0.2, 0.25) is 0 Å². The number of ether oxygens (including phenoxy) is 1. The van der Waals surface area contributed by atoms with Crippen LogP contribution in [0, 0.1) is 0 Å². The Hall–Kier alpha value is -1.02. The Morgan fingerprint density at radius 2 is 2.00 bits per heavy atom. The molecule has 0 bridgehead atoms. The molecule has 0 radical (unpaired) electrons. The fourth-order valence-corrected chi connectivity index (χ4v) is 1.80. The first-order chi connectivity index (χ1) is 6.66. The summed E-state index contributed by atoms with van der Waals surface area (Å²) in [5.74, 6) is 0.787. The molecule has 2 atom stereocenters. The summed E-state index contributed by atoms with van der Waals surface area (Å²) in [5.41, 5.74) is 1.22. The number of halogens is 1. The molecular formula is C11H11ClO2. The molecule has 0 aliphatic heterocycles. The highest BCUT2D eigenvalue weighted by molar-refractivity contribution is 6.23. The number of carbonyl (C=O) groups excluding carboxylic acids is 1. The summed E-state index contributed by atoms with van der Waals surface area (Å²) in [5, 5.41) is 0.287. The molecule has 0 saturated heterocycles. The van der Waals surface area contributed by atoms with Crippen molar-refractivity contribution in [2.75, 3.05) is 0 Å². The van der Waals surface area contributed by atoms with Crippen LogP contribution in [0.5, 0.6) is 5.75 Å². The van der Waals surface area contributed by atoms with Crippen LogP contribution in [0.3, 0.4) is 0 Å². The van der Waals surface area contributed by atoms with Crippen LogP contribution in [0.15, 0.2) is 24.3 Å². The van der Waals surface area contributed by atoms with Gasteiger partial charge in [-0.15, -0.1) is 11.6 Å². The van der Waals surface area contributed by atoms with Crippen molar-refractivity contribution in [3.8, 4) is 5.75 Å². The molecule has 14 heavy (non-hydrogen) atoms. The van der Waals surface area contributed by atoms with Gasteiger partial charge in [-0.1, -0.05) is 12.1 Å². The highest BCUT2D eigenvalue weighted by Crippen LogP contribution is 2.45. The third-order valence-electron chi connectivity index (χ3n) is 2.28. The van der Waals surface area contributed by atoms with Crippen molar-refractivity contribution < 1.29 is 9.53 Å². The molecule has 1 aromatic carbocycles. The summed E-state index contributed by atoms with van der Waals surface area (Å²) in [6.07, 6.45) is 1.05. The van der Waals surface area contributed by atoms with Gasteiger partial charge in [0.15, 0.2) is 0 Å². The Kier molecular flexibility index (Phi) is 2.46. The van der Waals surface area contributed by atoms with Crippen molar-refractivity contribution >= 4 is 17.6 Å². The Balaban J connectivity index is 2.06. The third-order valence-corrected chi connectivity index (χ3v) is 2.76. The van der Waals surface area contributed by atoms with Gasteiger partial charge < -0.3 is 4.74 Å². The van der Waals surface area contributed by atoms with Crippen molar-refractivity contribution in [1.29, 1.82) is 0 Å². The van der Waals surface area contributed by atoms with E-state index < -0.39 is 0 Å². The van der Waals surface area contributed by atoms with E-state index >= 15 is 0 Å². The summed E-state index contributed by atoms with van der Waals surface area (Å²) in [6.45, 7) is 1.39. The van der Waals surface area contributed by atoms with Gasteiger partial charge in [-0.05, 0) is 24.1 Å². The van der Waals surface area contributed by atoms with Crippen LogP contribution in [0.1, 0.15) is 24.8 Å². The molecule has 1 fully saturated rings. The summed E-state index contributed by atoms with van der Waals surface area (Å²) in [4.78, 5) is 10.7. The Morgan fingerprint density at radius 3 is 2.43 bits per heavy atom. The molecule has 3 heteroatoms. The molecule has 2 rings (SSSR count). The quantitative estimate of drug-likeness (QED) is 0.426. The Bertz CT molecular complexity index is 345. The third kappa shape index (κ3) is 2.07. The van der Waals surface area contributed by atoms with E-state index in [9.17, 15) is 4.79 Å². The predicted molar refractivity (Wildman–Crippen MR) is 54.8 cm³/mol. The van der Waals surface area contributed by atoms with Crippen LogP contribution in [0.4, 0.5) is 0 Å². The fraction of sp³-hybridized carbons (Fsp3) is 0.364. The highest BCUT2D eigenvalue weighted by atomic mass is 35.5. The molecule has 0 amide bonds. The summed E-state index contributed by atoms with van der Waals surface area (Å²) in [7, 11) is 0. The monoisotopic (exact) mass is 210 g/mol. The summed E-state index contributed by atoms with van der Waals surface area (Å²) >= 11 is 5.93. The van der Waals surface area contributed by atoms with Crippen molar-refractivity contribution in [2.45, 2.75) is 24.6 Å². The van der Waals surface area contributed by atoms with Gasteiger partial charge in [-0.3, -0.25) is 4.79 Å². The minimum Gasteiger partial charge on any atom is -0.427 e. The molecule has 0 heterocycles. The minimum atomic E-state index is -0.292. The van der Waals surface area contributed by atoms with Crippen molar-refractivity contribution in [2.24, 2.45) is 0 Å². The van der Waals surface area contributed by atoms with Gasteiger partial charge in [0.05, 0.1) is 0 Å². The standard InChI is InChI=1S/C11H11ClO2/c1-7(13)14-9-4-2-8(3-5-9)10-6-11(10)12/h2-5,10-11H,6H2,1H3/t10?,11-/m0/s1. The molecule has 74 valence electrons. The van der Waals surface area contributed by atoms with Crippen LogP contribution >= 0.6 is 11.6 Å². The topological polar surface area (TPSA) is 26.3 Å². The lowest BCUT2D eigenvalue weighted by atomic mass is 10.1. The van der Waals surface area contributed by atoms with Gasteiger partial charge in [0.2, 0.25) is 0 Å². The van der Waals surface area contributed by atoms with E-state index in [0.717, 1.165) is 6.42 Å². The summed E-state index contributed by atoms with van der Waals surface area (Å²) in [6, 6.07) is 7.54. The van der Waals surface area contributed by atoms with E-state index in [0.29, 0.717) is 11.7 Å². The molecule has 0 aromatic heterocycles. The molecule has 0 spiro atoms. The average molecular weight is 211 g/mol. The molecule has 0 N–H and O–H groups in total. The molecule has 1 saturated carbocycles. The lowest BCUT2D eigenvalue weighted by Crippen LogP contribution is -2.01. The van der Waals surface area contributed by atoms with E-state index in [-0.39, 0.29) is 11.3 Å². The number of carbonyl (C=O) groups is 1. The van der Waals surface area contributed by atoms with Crippen LogP contribution in [0.25, 0.3) is 0 Å². The minimum absolute atomic E-state index is 0.287. The zero-order valence-electron chi connectivity index (χ0n) is 7.87. The average Bonchev–Trinajstić information content (AvgIpc) is 2.83. The second kappa shape index (κ2) is 3.62. The van der Waals surface area contributed by atoms with E-state index in [2.05, 4.69) is 0 Å². The maximum Gasteiger partial charge on any atom is 0.308 e. The normalized spacial score (nSPS) is 24.4. The predicted octanol–water partition coefficient (Wildman–Crippen LogP) is 2.71. The maximum atomic E-state index is 10.7. The lowest BCUT2D eigenvalue weighted by Gasteiger charge is -2.02. The molecule has 1 unspecified atom stereocenters.